The first-order valence-corrected chi connectivity index (χ1v) is 6.23. The van der Waals surface area contributed by atoms with Crippen molar-refractivity contribution in [2.24, 2.45) is 5.73 Å². The summed E-state index contributed by atoms with van der Waals surface area (Å²) in [5, 5.41) is 3.43. The first-order valence-electron chi connectivity index (χ1n) is 6.23. The molecule has 3 nitrogen and oxygen atoms in total. The summed E-state index contributed by atoms with van der Waals surface area (Å²) in [5.74, 6) is 0.762. The topological polar surface area (TPSA) is 47.3 Å². The molecule has 0 bridgehead atoms. The molecule has 0 aliphatic carbocycles. The highest BCUT2D eigenvalue weighted by molar-refractivity contribution is 5.85. The smallest absolute Gasteiger partial charge is 0.120 e. The van der Waals surface area contributed by atoms with Gasteiger partial charge in [-0.25, -0.2) is 4.39 Å². The molecule has 1 aliphatic heterocycles. The molecule has 106 valence electrons. The van der Waals surface area contributed by atoms with Crippen LogP contribution in [0.4, 0.5) is 10.1 Å². The van der Waals surface area contributed by atoms with Gasteiger partial charge in [-0.1, -0.05) is 0 Å². The molecule has 0 fully saturated rings. The molecule has 19 heavy (non-hydrogen) atoms. The number of hydrogen-bond donors (Lipinski definition) is 2. The molecule has 5 heteroatoms. The van der Waals surface area contributed by atoms with Gasteiger partial charge >= 0.3 is 0 Å². The summed E-state index contributed by atoms with van der Waals surface area (Å²) in [5.41, 5.74) is 8.25. The number of ether oxygens (including phenoxy) is 1. The Hall–Kier alpha value is -1.26. The van der Waals surface area contributed by atoms with E-state index in [1.165, 1.54) is 11.3 Å². The number of aryl methyl sites for hydroxylation is 1. The minimum atomic E-state index is 0. The Morgan fingerprint density at radius 2 is 2.37 bits per heavy atom. The van der Waals surface area contributed by atoms with E-state index in [1.54, 1.807) is 0 Å². The normalized spacial score (nSPS) is 18.1. The molecule has 3 N–H and O–H groups in total. The highest BCUT2D eigenvalue weighted by Crippen LogP contribution is 2.28. The average molecular weight is 287 g/mol. The van der Waals surface area contributed by atoms with Crippen molar-refractivity contribution in [2.45, 2.75) is 25.8 Å². The Kier molecular flexibility index (Phi) is 6.12. The Morgan fingerprint density at radius 1 is 1.58 bits per heavy atom. The van der Waals surface area contributed by atoms with E-state index in [0.29, 0.717) is 17.9 Å². The van der Waals surface area contributed by atoms with E-state index < -0.39 is 0 Å². The van der Waals surface area contributed by atoms with Crippen LogP contribution in [-0.2, 0) is 6.42 Å². The molecule has 0 saturated heterocycles. The first kappa shape index (κ1) is 15.8. The molecule has 1 atom stereocenters. The molecule has 1 heterocycles. The van der Waals surface area contributed by atoms with E-state index in [1.807, 2.05) is 18.2 Å². The summed E-state index contributed by atoms with van der Waals surface area (Å²) in [6.07, 6.45) is 2.68. The van der Waals surface area contributed by atoms with Gasteiger partial charge in [-0.15, -0.1) is 12.4 Å². The summed E-state index contributed by atoms with van der Waals surface area (Å²) in [4.78, 5) is 0. The Balaban J connectivity index is 0.00000180. The van der Waals surface area contributed by atoms with E-state index in [4.69, 9.17) is 10.5 Å². The van der Waals surface area contributed by atoms with Gasteiger partial charge in [0, 0.05) is 23.8 Å². The van der Waals surface area contributed by atoms with Gasteiger partial charge in [0.25, 0.3) is 0 Å². The number of halogens is 2. The standard InChI is InChI=1S/C14H19FN2O.ClH/c1-10-2-3-12-6-13(4-5-14(12)17-10)18-9-11(7-15)8-16;/h4-7,10,17H,2-3,8-9,16H2,1H3;1H/b11-7-;. The summed E-state index contributed by atoms with van der Waals surface area (Å²) in [6, 6.07) is 6.45. The molecule has 0 saturated carbocycles. The molecule has 0 aromatic heterocycles. The molecule has 1 unspecified atom stereocenters. The predicted octanol–water partition coefficient (Wildman–Crippen LogP) is 3.05. The van der Waals surface area contributed by atoms with Crippen LogP contribution in [0, 0.1) is 0 Å². The lowest BCUT2D eigenvalue weighted by atomic mass is 9.99. The second-order valence-electron chi connectivity index (χ2n) is 4.66. The van der Waals surface area contributed by atoms with Gasteiger partial charge in [0.2, 0.25) is 0 Å². The van der Waals surface area contributed by atoms with Crippen LogP contribution in [0.1, 0.15) is 18.9 Å². The first-order chi connectivity index (χ1) is 8.72. The third kappa shape index (κ3) is 4.11. The lowest BCUT2D eigenvalue weighted by Crippen LogP contribution is -2.21. The van der Waals surface area contributed by atoms with Gasteiger partial charge in [-0.05, 0) is 43.5 Å². The molecule has 1 aliphatic rings. The van der Waals surface area contributed by atoms with Crippen molar-refractivity contribution in [1.29, 1.82) is 0 Å². The van der Waals surface area contributed by atoms with Gasteiger partial charge in [0.1, 0.15) is 12.4 Å². The monoisotopic (exact) mass is 286 g/mol. The molecule has 1 aromatic carbocycles. The number of hydrogen-bond acceptors (Lipinski definition) is 3. The Labute approximate surface area is 119 Å². The molecule has 2 rings (SSSR count). The minimum Gasteiger partial charge on any atom is -0.489 e. The SMILES string of the molecule is CC1CCc2cc(OC/C(=C\F)CN)ccc2N1.Cl. The van der Waals surface area contributed by atoms with E-state index >= 15 is 0 Å². The van der Waals surface area contributed by atoms with Crippen molar-refractivity contribution in [3.63, 3.8) is 0 Å². The largest absolute Gasteiger partial charge is 0.489 e. The van der Waals surface area contributed by atoms with Gasteiger partial charge in [-0.3, -0.25) is 0 Å². The van der Waals surface area contributed by atoms with Crippen LogP contribution in [0.25, 0.3) is 0 Å². The molecule has 0 radical (unpaired) electrons. The van der Waals surface area contributed by atoms with Crippen molar-refractivity contribution in [2.75, 3.05) is 18.5 Å². The second kappa shape index (κ2) is 7.36. The zero-order valence-electron chi connectivity index (χ0n) is 11.0. The summed E-state index contributed by atoms with van der Waals surface area (Å²) >= 11 is 0. The van der Waals surface area contributed by atoms with Gasteiger partial charge in [-0.2, -0.15) is 0 Å². The van der Waals surface area contributed by atoms with Crippen molar-refractivity contribution in [3.05, 3.63) is 35.7 Å². The second-order valence-corrected chi connectivity index (χ2v) is 4.66. The quantitative estimate of drug-likeness (QED) is 0.894. The zero-order chi connectivity index (χ0) is 13.0. The summed E-state index contributed by atoms with van der Waals surface area (Å²) in [7, 11) is 0. The highest BCUT2D eigenvalue weighted by Gasteiger charge is 2.14. The van der Waals surface area contributed by atoms with Crippen LogP contribution in [0.2, 0.25) is 0 Å². The summed E-state index contributed by atoms with van der Waals surface area (Å²) < 4.78 is 17.9. The number of nitrogens with one attached hydrogen (secondary N) is 1. The lowest BCUT2D eigenvalue weighted by molar-refractivity contribution is 0.347. The number of benzene rings is 1. The van der Waals surface area contributed by atoms with E-state index in [-0.39, 0.29) is 25.6 Å². The Bertz CT molecular complexity index is 451. The fraction of sp³-hybridized carbons (Fsp3) is 0.429. The van der Waals surface area contributed by atoms with E-state index in [0.717, 1.165) is 18.6 Å². The molecule has 0 spiro atoms. The van der Waals surface area contributed by atoms with Crippen molar-refractivity contribution in [1.82, 2.24) is 0 Å². The average Bonchev–Trinajstić information content (AvgIpc) is 2.40. The lowest BCUT2D eigenvalue weighted by Gasteiger charge is -2.24. The third-order valence-corrected chi connectivity index (χ3v) is 3.17. The number of nitrogens with two attached hydrogens (primary N) is 1. The molecule has 0 amide bonds. The minimum absolute atomic E-state index is 0. The van der Waals surface area contributed by atoms with E-state index in [9.17, 15) is 4.39 Å². The maximum Gasteiger partial charge on any atom is 0.120 e. The van der Waals surface area contributed by atoms with Crippen molar-refractivity contribution >= 4 is 18.1 Å². The zero-order valence-corrected chi connectivity index (χ0v) is 11.8. The predicted molar refractivity (Wildman–Crippen MR) is 78.8 cm³/mol. The number of rotatable bonds is 4. The molecular weight excluding hydrogens is 267 g/mol. The van der Waals surface area contributed by atoms with Crippen molar-refractivity contribution in [3.8, 4) is 5.75 Å². The Morgan fingerprint density at radius 3 is 3.05 bits per heavy atom. The maximum atomic E-state index is 12.3. The van der Waals surface area contributed by atoms with Crippen LogP contribution in [0.3, 0.4) is 0 Å². The van der Waals surface area contributed by atoms with Crippen LogP contribution in [-0.4, -0.2) is 19.2 Å². The van der Waals surface area contributed by atoms with E-state index in [2.05, 4.69) is 12.2 Å². The fourth-order valence-corrected chi connectivity index (χ4v) is 2.03. The van der Waals surface area contributed by atoms with Crippen LogP contribution in [0.5, 0.6) is 5.75 Å². The fourth-order valence-electron chi connectivity index (χ4n) is 2.03. The van der Waals surface area contributed by atoms with Crippen LogP contribution >= 0.6 is 12.4 Å². The van der Waals surface area contributed by atoms with Gasteiger partial charge in [0.05, 0.1) is 6.33 Å². The number of fused-ring (bicyclic) bond motifs is 1. The van der Waals surface area contributed by atoms with Gasteiger partial charge in [0.15, 0.2) is 0 Å². The third-order valence-electron chi connectivity index (χ3n) is 3.17. The summed E-state index contributed by atoms with van der Waals surface area (Å²) in [6.45, 7) is 2.56. The van der Waals surface area contributed by atoms with Crippen LogP contribution in [0.15, 0.2) is 30.1 Å². The van der Waals surface area contributed by atoms with Gasteiger partial charge < -0.3 is 15.8 Å². The molecule has 1 aromatic rings. The molecular formula is C14H20ClFN2O. The highest BCUT2D eigenvalue weighted by atomic mass is 35.5. The van der Waals surface area contributed by atoms with Crippen molar-refractivity contribution < 1.29 is 9.13 Å². The maximum absolute atomic E-state index is 12.3. The van der Waals surface area contributed by atoms with Crippen LogP contribution < -0.4 is 15.8 Å². The number of anilines is 1.